The summed E-state index contributed by atoms with van der Waals surface area (Å²) in [6, 6.07) is 6.88. The second-order valence-electron chi connectivity index (χ2n) is 2.36. The van der Waals surface area contributed by atoms with Crippen molar-refractivity contribution in [3.63, 3.8) is 0 Å². The van der Waals surface area contributed by atoms with Crippen molar-refractivity contribution in [1.29, 1.82) is 5.26 Å². The number of benzene rings is 1. The Morgan fingerprint density at radius 2 is 2.33 bits per heavy atom. The number of hydrogen-bond donors (Lipinski definition) is 1. The third-order valence-corrected chi connectivity index (χ3v) is 1.51. The normalized spacial score (nSPS) is 9.92. The minimum Gasteiger partial charge on any atom is -0.428 e. The highest BCUT2D eigenvalue weighted by atomic mass is 16.3. The highest BCUT2D eigenvalue weighted by molar-refractivity contribution is 5.76. The second kappa shape index (κ2) is 2.24. The number of hydrogen-bond acceptors (Lipinski definition) is 4. The van der Waals surface area contributed by atoms with Crippen LogP contribution in [0.1, 0.15) is 5.89 Å². The zero-order valence-electron chi connectivity index (χ0n) is 6.11. The predicted octanol–water partition coefficient (Wildman–Crippen LogP) is 1.28. The van der Waals surface area contributed by atoms with Gasteiger partial charge in [-0.25, -0.2) is 0 Å². The molecule has 0 aliphatic carbocycles. The van der Waals surface area contributed by atoms with Crippen LogP contribution >= 0.6 is 0 Å². The summed E-state index contributed by atoms with van der Waals surface area (Å²) in [7, 11) is 0. The number of fused-ring (bicyclic) bond motifs is 1. The molecule has 0 aliphatic rings. The van der Waals surface area contributed by atoms with E-state index in [9.17, 15) is 0 Å². The topological polar surface area (TPSA) is 75.8 Å². The molecule has 1 aromatic heterocycles. The maximum Gasteiger partial charge on any atom is 0.301 e. The van der Waals surface area contributed by atoms with Gasteiger partial charge in [0.25, 0.3) is 0 Å². The molecule has 2 aromatic rings. The second-order valence-corrected chi connectivity index (χ2v) is 2.36. The van der Waals surface area contributed by atoms with Crippen molar-refractivity contribution in [2.24, 2.45) is 0 Å². The van der Waals surface area contributed by atoms with Crippen LogP contribution in [0.3, 0.4) is 0 Å². The van der Waals surface area contributed by atoms with Crippen LogP contribution in [0.4, 0.5) is 5.69 Å². The monoisotopic (exact) mass is 159 g/mol. The molecule has 0 radical (unpaired) electrons. The first-order chi connectivity index (χ1) is 5.79. The van der Waals surface area contributed by atoms with Gasteiger partial charge in [-0.1, -0.05) is 0 Å². The fourth-order valence-electron chi connectivity index (χ4n) is 0.992. The Hall–Kier alpha value is -2.02. The van der Waals surface area contributed by atoms with Crippen molar-refractivity contribution >= 4 is 16.8 Å². The first kappa shape index (κ1) is 6.68. The van der Waals surface area contributed by atoms with Crippen LogP contribution in [-0.4, -0.2) is 4.98 Å². The van der Waals surface area contributed by atoms with Crippen LogP contribution in [0.2, 0.25) is 0 Å². The molecule has 0 spiro atoms. The van der Waals surface area contributed by atoms with E-state index in [0.717, 1.165) is 0 Å². The molecule has 58 valence electrons. The van der Waals surface area contributed by atoms with Gasteiger partial charge in [-0.05, 0) is 18.2 Å². The number of aromatic nitrogens is 1. The zero-order chi connectivity index (χ0) is 8.55. The standard InChI is InChI=1S/C8H5N3O/c9-4-8-11-6-3-5(10)1-2-7(6)12-8/h1-3H,10H2. The number of nitrogens with zero attached hydrogens (tertiary/aromatic N) is 2. The first-order valence-electron chi connectivity index (χ1n) is 3.36. The molecule has 0 atom stereocenters. The van der Waals surface area contributed by atoms with Gasteiger partial charge >= 0.3 is 5.89 Å². The number of nitrogens with two attached hydrogens (primary N) is 1. The maximum atomic E-state index is 8.47. The Balaban J connectivity index is 2.77. The lowest BCUT2D eigenvalue weighted by Crippen LogP contribution is -1.82. The highest BCUT2D eigenvalue weighted by Gasteiger charge is 2.03. The predicted molar refractivity (Wildman–Crippen MR) is 43.1 cm³/mol. The Morgan fingerprint density at radius 3 is 3.08 bits per heavy atom. The number of rotatable bonds is 0. The third kappa shape index (κ3) is 0.883. The van der Waals surface area contributed by atoms with Gasteiger partial charge in [0.2, 0.25) is 0 Å². The minimum absolute atomic E-state index is 0.0654. The molecule has 2 rings (SSSR count). The Bertz CT molecular complexity index is 467. The van der Waals surface area contributed by atoms with E-state index < -0.39 is 0 Å². The summed E-state index contributed by atoms with van der Waals surface area (Å²) in [5, 5.41) is 8.47. The van der Waals surface area contributed by atoms with Crippen molar-refractivity contribution in [1.82, 2.24) is 4.98 Å². The molecular formula is C8H5N3O. The molecule has 2 N–H and O–H groups in total. The number of nitriles is 1. The fraction of sp³-hybridized carbons (Fsp3) is 0. The molecule has 1 heterocycles. The van der Waals surface area contributed by atoms with Crippen LogP contribution in [0.15, 0.2) is 22.6 Å². The van der Waals surface area contributed by atoms with Gasteiger partial charge in [0.1, 0.15) is 5.52 Å². The maximum absolute atomic E-state index is 8.47. The highest BCUT2D eigenvalue weighted by Crippen LogP contribution is 2.17. The molecule has 0 saturated carbocycles. The third-order valence-electron chi connectivity index (χ3n) is 1.51. The summed E-state index contributed by atoms with van der Waals surface area (Å²) in [5.41, 5.74) is 7.32. The summed E-state index contributed by atoms with van der Waals surface area (Å²) in [6.45, 7) is 0. The van der Waals surface area contributed by atoms with Gasteiger partial charge in [-0.3, -0.25) is 0 Å². The zero-order valence-corrected chi connectivity index (χ0v) is 6.11. The molecule has 0 amide bonds. The lowest BCUT2D eigenvalue weighted by molar-refractivity contribution is 0.584. The average Bonchev–Trinajstić information content (AvgIpc) is 2.46. The van der Waals surface area contributed by atoms with Crippen molar-refractivity contribution in [3.8, 4) is 6.07 Å². The molecule has 4 nitrogen and oxygen atoms in total. The van der Waals surface area contributed by atoms with Crippen LogP contribution in [0.5, 0.6) is 0 Å². The summed E-state index contributed by atoms with van der Waals surface area (Å²) >= 11 is 0. The largest absolute Gasteiger partial charge is 0.428 e. The number of anilines is 1. The van der Waals surface area contributed by atoms with Crippen LogP contribution in [0, 0.1) is 11.3 Å². The van der Waals surface area contributed by atoms with E-state index in [0.29, 0.717) is 16.8 Å². The molecule has 0 unspecified atom stereocenters. The smallest absolute Gasteiger partial charge is 0.301 e. The average molecular weight is 159 g/mol. The van der Waals surface area contributed by atoms with Gasteiger partial charge in [-0.2, -0.15) is 10.2 Å². The molecule has 1 aromatic carbocycles. The van der Waals surface area contributed by atoms with Crippen LogP contribution < -0.4 is 5.73 Å². The van der Waals surface area contributed by atoms with Gasteiger partial charge in [-0.15, -0.1) is 0 Å². The SMILES string of the molecule is N#Cc1nc2cc(N)ccc2o1. The first-order valence-corrected chi connectivity index (χ1v) is 3.36. The number of oxazole rings is 1. The van der Waals surface area contributed by atoms with Gasteiger partial charge in [0, 0.05) is 5.69 Å². The van der Waals surface area contributed by atoms with Crippen molar-refractivity contribution in [3.05, 3.63) is 24.1 Å². The number of nitrogen functional groups attached to an aromatic ring is 1. The molecule has 0 bridgehead atoms. The van der Waals surface area contributed by atoms with E-state index in [-0.39, 0.29) is 5.89 Å². The molecule has 0 saturated heterocycles. The van der Waals surface area contributed by atoms with Crippen molar-refractivity contribution in [2.45, 2.75) is 0 Å². The Morgan fingerprint density at radius 1 is 1.50 bits per heavy atom. The molecule has 0 fully saturated rings. The van der Waals surface area contributed by atoms with Crippen molar-refractivity contribution in [2.75, 3.05) is 5.73 Å². The lowest BCUT2D eigenvalue weighted by Gasteiger charge is -1.87. The quantitative estimate of drug-likeness (QED) is 0.587. The van der Waals surface area contributed by atoms with E-state index >= 15 is 0 Å². The van der Waals surface area contributed by atoms with E-state index in [4.69, 9.17) is 15.4 Å². The molecule has 12 heavy (non-hydrogen) atoms. The van der Waals surface area contributed by atoms with Gasteiger partial charge < -0.3 is 10.2 Å². The summed E-state index contributed by atoms with van der Waals surface area (Å²) < 4.78 is 5.04. The minimum atomic E-state index is 0.0654. The van der Waals surface area contributed by atoms with E-state index in [2.05, 4.69) is 4.98 Å². The fourth-order valence-corrected chi connectivity index (χ4v) is 0.992. The Labute approximate surface area is 68.2 Å². The van der Waals surface area contributed by atoms with E-state index in [1.165, 1.54) is 0 Å². The summed E-state index contributed by atoms with van der Waals surface area (Å²) in [5.74, 6) is 0.0654. The summed E-state index contributed by atoms with van der Waals surface area (Å²) in [4.78, 5) is 3.88. The summed E-state index contributed by atoms with van der Waals surface area (Å²) in [6.07, 6.45) is 0. The van der Waals surface area contributed by atoms with Gasteiger partial charge in [0.05, 0.1) is 0 Å². The van der Waals surface area contributed by atoms with Crippen LogP contribution in [0.25, 0.3) is 11.1 Å². The van der Waals surface area contributed by atoms with Crippen molar-refractivity contribution < 1.29 is 4.42 Å². The van der Waals surface area contributed by atoms with Gasteiger partial charge in [0.15, 0.2) is 11.7 Å². The Kier molecular flexibility index (Phi) is 1.25. The molecule has 4 heteroatoms. The van der Waals surface area contributed by atoms with E-state index in [1.54, 1.807) is 18.2 Å². The van der Waals surface area contributed by atoms with Crippen LogP contribution in [-0.2, 0) is 0 Å². The lowest BCUT2D eigenvalue weighted by atomic mass is 10.3. The molecule has 0 aliphatic heterocycles. The molecular weight excluding hydrogens is 154 g/mol. The van der Waals surface area contributed by atoms with E-state index in [1.807, 2.05) is 6.07 Å².